The number of hydrogen-bond donors (Lipinski definition) is 1. The monoisotopic (exact) mass is 323 g/mol. The van der Waals surface area contributed by atoms with Crippen molar-refractivity contribution < 1.29 is 9.13 Å². The number of methoxy groups -OCH3 is 1. The molecule has 0 aliphatic carbocycles. The molecule has 1 aromatic heterocycles. The van der Waals surface area contributed by atoms with E-state index in [1.165, 1.54) is 12.1 Å². The van der Waals surface area contributed by atoms with Crippen LogP contribution in [0.15, 0.2) is 54.6 Å². The molecule has 0 saturated carbocycles. The van der Waals surface area contributed by atoms with Crippen LogP contribution in [-0.4, -0.2) is 17.1 Å². The SMILES string of the molecule is COc1ccc(-c2cc(NCc3ccc(F)cc3)nc(C)n2)cc1. The average molecular weight is 323 g/mol. The zero-order valence-corrected chi connectivity index (χ0v) is 13.6. The van der Waals surface area contributed by atoms with Gasteiger partial charge < -0.3 is 10.1 Å². The van der Waals surface area contributed by atoms with Crippen molar-refractivity contribution in [1.82, 2.24) is 9.97 Å². The van der Waals surface area contributed by atoms with Gasteiger partial charge in [0.05, 0.1) is 12.8 Å². The number of aromatic nitrogens is 2. The fourth-order valence-corrected chi connectivity index (χ4v) is 2.36. The highest BCUT2D eigenvalue weighted by molar-refractivity contribution is 5.63. The summed E-state index contributed by atoms with van der Waals surface area (Å²) in [6, 6.07) is 16.0. The summed E-state index contributed by atoms with van der Waals surface area (Å²) in [5, 5.41) is 3.26. The number of rotatable bonds is 5. The van der Waals surface area contributed by atoms with Gasteiger partial charge in [0, 0.05) is 18.2 Å². The van der Waals surface area contributed by atoms with E-state index >= 15 is 0 Å². The van der Waals surface area contributed by atoms with Crippen molar-refractivity contribution in [1.29, 1.82) is 0 Å². The molecule has 0 bridgehead atoms. The van der Waals surface area contributed by atoms with Crippen LogP contribution in [0.25, 0.3) is 11.3 Å². The Morgan fingerprint density at radius 2 is 1.71 bits per heavy atom. The molecule has 2 aromatic carbocycles. The summed E-state index contributed by atoms with van der Waals surface area (Å²) in [7, 11) is 1.64. The standard InChI is InChI=1S/C19H18FN3O/c1-13-22-18(15-5-9-17(24-2)10-6-15)11-19(23-13)21-12-14-3-7-16(20)8-4-14/h3-11H,12H2,1-2H3,(H,21,22,23). The Morgan fingerprint density at radius 3 is 2.38 bits per heavy atom. The van der Waals surface area contributed by atoms with E-state index in [1.807, 2.05) is 37.3 Å². The lowest BCUT2D eigenvalue weighted by atomic mass is 10.1. The van der Waals surface area contributed by atoms with E-state index in [9.17, 15) is 4.39 Å². The smallest absolute Gasteiger partial charge is 0.130 e. The highest BCUT2D eigenvalue weighted by atomic mass is 19.1. The van der Waals surface area contributed by atoms with Crippen molar-refractivity contribution in [2.24, 2.45) is 0 Å². The predicted octanol–water partition coefficient (Wildman–Crippen LogP) is 4.21. The molecule has 4 nitrogen and oxygen atoms in total. The molecule has 0 amide bonds. The molecule has 0 aliphatic rings. The van der Waals surface area contributed by atoms with Gasteiger partial charge in [-0.05, 0) is 48.9 Å². The summed E-state index contributed by atoms with van der Waals surface area (Å²) in [6.07, 6.45) is 0. The number of anilines is 1. The molecule has 0 atom stereocenters. The van der Waals surface area contributed by atoms with E-state index in [0.29, 0.717) is 12.4 Å². The quantitative estimate of drug-likeness (QED) is 0.764. The fourth-order valence-electron chi connectivity index (χ4n) is 2.36. The Kier molecular flexibility index (Phi) is 4.70. The molecule has 5 heteroatoms. The topological polar surface area (TPSA) is 47.0 Å². The van der Waals surface area contributed by atoms with E-state index in [1.54, 1.807) is 19.2 Å². The van der Waals surface area contributed by atoms with Crippen molar-refractivity contribution in [2.75, 3.05) is 12.4 Å². The van der Waals surface area contributed by atoms with Crippen LogP contribution in [0.1, 0.15) is 11.4 Å². The van der Waals surface area contributed by atoms with Gasteiger partial charge in [-0.15, -0.1) is 0 Å². The Hall–Kier alpha value is -2.95. The minimum absolute atomic E-state index is 0.238. The summed E-state index contributed by atoms with van der Waals surface area (Å²) in [4.78, 5) is 8.89. The second-order valence-corrected chi connectivity index (χ2v) is 5.39. The number of nitrogens with one attached hydrogen (secondary N) is 1. The Bertz CT molecular complexity index is 817. The molecule has 0 aliphatic heterocycles. The van der Waals surface area contributed by atoms with Crippen molar-refractivity contribution in [2.45, 2.75) is 13.5 Å². The molecular weight excluding hydrogens is 305 g/mol. The van der Waals surface area contributed by atoms with Gasteiger partial charge in [-0.2, -0.15) is 0 Å². The summed E-state index contributed by atoms with van der Waals surface area (Å²) in [5.74, 6) is 1.99. The summed E-state index contributed by atoms with van der Waals surface area (Å²) < 4.78 is 18.1. The van der Waals surface area contributed by atoms with Gasteiger partial charge in [0.2, 0.25) is 0 Å². The number of nitrogens with zero attached hydrogens (tertiary/aromatic N) is 2. The van der Waals surface area contributed by atoms with Gasteiger partial charge in [0.25, 0.3) is 0 Å². The van der Waals surface area contributed by atoms with Gasteiger partial charge in [-0.1, -0.05) is 12.1 Å². The van der Waals surface area contributed by atoms with Crippen molar-refractivity contribution in [3.05, 3.63) is 71.8 Å². The van der Waals surface area contributed by atoms with Gasteiger partial charge >= 0.3 is 0 Å². The second-order valence-electron chi connectivity index (χ2n) is 5.39. The van der Waals surface area contributed by atoms with Crippen LogP contribution in [0.3, 0.4) is 0 Å². The molecule has 1 N–H and O–H groups in total. The lowest BCUT2D eigenvalue weighted by Crippen LogP contribution is -2.04. The normalized spacial score (nSPS) is 10.5. The molecule has 0 radical (unpaired) electrons. The molecular formula is C19H18FN3O. The first-order valence-corrected chi connectivity index (χ1v) is 7.62. The summed E-state index contributed by atoms with van der Waals surface area (Å²) >= 11 is 0. The third-order valence-electron chi connectivity index (χ3n) is 3.61. The molecule has 3 rings (SSSR count). The Balaban J connectivity index is 1.78. The highest BCUT2D eigenvalue weighted by Crippen LogP contribution is 2.23. The maximum absolute atomic E-state index is 12.9. The first-order chi connectivity index (χ1) is 11.6. The van der Waals surface area contributed by atoms with E-state index < -0.39 is 0 Å². The number of hydrogen-bond acceptors (Lipinski definition) is 4. The molecule has 0 fully saturated rings. The molecule has 24 heavy (non-hydrogen) atoms. The van der Waals surface area contributed by atoms with Crippen LogP contribution in [0, 0.1) is 12.7 Å². The Labute approximate surface area is 140 Å². The lowest BCUT2D eigenvalue weighted by Gasteiger charge is -2.09. The van der Waals surface area contributed by atoms with Crippen molar-refractivity contribution >= 4 is 5.82 Å². The first kappa shape index (κ1) is 15.9. The number of aryl methyl sites for hydroxylation is 1. The molecule has 1 heterocycles. The van der Waals surface area contributed by atoms with E-state index in [0.717, 1.165) is 28.4 Å². The molecule has 0 saturated heterocycles. The fraction of sp³-hybridized carbons (Fsp3) is 0.158. The highest BCUT2D eigenvalue weighted by Gasteiger charge is 2.05. The first-order valence-electron chi connectivity index (χ1n) is 7.62. The van der Waals surface area contributed by atoms with Gasteiger partial charge in [0.15, 0.2) is 0 Å². The van der Waals surface area contributed by atoms with Crippen molar-refractivity contribution in [3.63, 3.8) is 0 Å². The van der Waals surface area contributed by atoms with Crippen molar-refractivity contribution in [3.8, 4) is 17.0 Å². The lowest BCUT2D eigenvalue weighted by molar-refractivity contribution is 0.415. The Morgan fingerprint density at radius 1 is 1.00 bits per heavy atom. The molecule has 0 unspecified atom stereocenters. The van der Waals surface area contributed by atoms with Crippen LogP contribution < -0.4 is 10.1 Å². The van der Waals surface area contributed by atoms with Crippen LogP contribution in [0.4, 0.5) is 10.2 Å². The maximum Gasteiger partial charge on any atom is 0.130 e. The number of halogens is 1. The summed E-state index contributed by atoms with van der Waals surface area (Å²) in [6.45, 7) is 2.43. The minimum Gasteiger partial charge on any atom is -0.497 e. The van der Waals surface area contributed by atoms with E-state index in [-0.39, 0.29) is 5.82 Å². The third-order valence-corrected chi connectivity index (χ3v) is 3.61. The van der Waals surface area contributed by atoms with E-state index in [2.05, 4.69) is 15.3 Å². The summed E-state index contributed by atoms with van der Waals surface area (Å²) in [5.41, 5.74) is 2.82. The zero-order valence-electron chi connectivity index (χ0n) is 13.6. The van der Waals surface area contributed by atoms with Gasteiger partial charge in [0.1, 0.15) is 23.2 Å². The molecule has 122 valence electrons. The van der Waals surface area contributed by atoms with Crippen LogP contribution >= 0.6 is 0 Å². The van der Waals surface area contributed by atoms with Gasteiger partial charge in [-0.25, -0.2) is 14.4 Å². The maximum atomic E-state index is 12.9. The van der Waals surface area contributed by atoms with Crippen LogP contribution in [0.5, 0.6) is 5.75 Å². The third kappa shape index (κ3) is 3.87. The van der Waals surface area contributed by atoms with E-state index in [4.69, 9.17) is 4.74 Å². The van der Waals surface area contributed by atoms with Crippen LogP contribution in [-0.2, 0) is 6.54 Å². The molecule has 3 aromatic rings. The number of benzene rings is 2. The molecule has 0 spiro atoms. The minimum atomic E-state index is -0.238. The largest absolute Gasteiger partial charge is 0.497 e. The second kappa shape index (κ2) is 7.08. The predicted molar refractivity (Wildman–Crippen MR) is 92.5 cm³/mol. The average Bonchev–Trinajstić information content (AvgIpc) is 2.61. The number of ether oxygens (including phenoxy) is 1. The zero-order chi connectivity index (χ0) is 16.9. The van der Waals surface area contributed by atoms with Crippen LogP contribution in [0.2, 0.25) is 0 Å². The van der Waals surface area contributed by atoms with Gasteiger partial charge in [-0.3, -0.25) is 0 Å².